The quantitative estimate of drug-likeness (QED) is 0.382. The molecule has 4 nitrogen and oxygen atoms in total. The minimum atomic E-state index is -7.43. The van der Waals surface area contributed by atoms with E-state index in [1.165, 1.54) is 0 Å². The Hall–Kier alpha value is -1.46. The second-order valence-electron chi connectivity index (χ2n) is 3.66. The molecule has 1 unspecified atom stereocenters. The molecule has 0 heterocycles. The van der Waals surface area contributed by atoms with Gasteiger partial charge < -0.3 is 4.74 Å². The molecule has 1 atom stereocenters. The van der Waals surface area contributed by atoms with Crippen molar-refractivity contribution >= 4 is 10.7 Å². The molecule has 0 aromatic heterocycles. The van der Waals surface area contributed by atoms with E-state index in [1.54, 1.807) is 4.74 Å². The summed E-state index contributed by atoms with van der Waals surface area (Å²) in [5, 5.41) is -6.67. The minimum absolute atomic E-state index is 1.59. The van der Waals surface area contributed by atoms with Crippen molar-refractivity contribution in [2.24, 2.45) is 0 Å². The van der Waals surface area contributed by atoms with Crippen LogP contribution >= 0.6 is 0 Å². The molecule has 0 aromatic carbocycles. The molecule has 0 N–H and O–H groups in total. The lowest BCUT2D eigenvalue weighted by Crippen LogP contribution is -2.63. The topological polar surface area (TPSA) is 52.6 Å². The first-order chi connectivity index (χ1) is 10.7. The van der Waals surface area contributed by atoms with E-state index in [2.05, 4.69) is 0 Å². The van der Waals surface area contributed by atoms with Crippen LogP contribution < -0.4 is 0 Å². The fourth-order valence-electron chi connectivity index (χ4n) is 0.843. The summed E-state index contributed by atoms with van der Waals surface area (Å²) < 4.78 is 185. The smallest absolute Gasteiger partial charge is 0.398 e. The summed E-state index contributed by atoms with van der Waals surface area (Å²) in [6.07, 6.45) is -25.6. The lowest BCUT2D eigenvalue weighted by atomic mass is 10.2. The summed E-state index contributed by atoms with van der Waals surface area (Å²) in [6, 6.07) is -3.90. The van der Waals surface area contributed by atoms with Gasteiger partial charge in [0.2, 0.25) is 10.7 Å². The summed E-state index contributed by atoms with van der Waals surface area (Å²) in [5.74, 6) is -7.38. The Bertz CT molecular complexity index is 596. The van der Waals surface area contributed by atoms with E-state index >= 15 is 0 Å². The maximum absolute atomic E-state index is 13.3. The van der Waals surface area contributed by atoms with Gasteiger partial charge in [-0.15, -0.1) is 0 Å². The number of rotatable bonds is 7. The van der Waals surface area contributed by atoms with Crippen molar-refractivity contribution in [3.05, 3.63) is 12.1 Å². The molecule has 0 radical (unpaired) electrons. The van der Waals surface area contributed by atoms with Crippen molar-refractivity contribution < 1.29 is 75.0 Å². The number of hydrogen-bond acceptors (Lipinski definition) is 4. The summed E-state index contributed by atoms with van der Waals surface area (Å²) >= 11 is 0. The summed E-state index contributed by atoms with van der Waals surface area (Å²) in [4.78, 5) is 0. The van der Waals surface area contributed by atoms with Crippen LogP contribution in [0.1, 0.15) is 0 Å². The molecule has 0 spiro atoms. The largest absolute Gasteiger partial charge is 0.471 e. The van der Waals surface area contributed by atoms with Gasteiger partial charge in [0.05, 0.1) is 0 Å². The molecule has 0 aromatic rings. The molecule has 0 rings (SSSR count). The zero-order valence-electron chi connectivity index (χ0n) is 10.5. The molecule has 0 saturated heterocycles. The molecule has 0 bridgehead atoms. The van der Waals surface area contributed by atoms with Crippen molar-refractivity contribution in [1.82, 2.24) is 0 Å². The van der Waals surface area contributed by atoms with Crippen LogP contribution in [-0.4, -0.2) is 37.9 Å². The van der Waals surface area contributed by atoms with Gasteiger partial charge in [0.1, 0.15) is 0 Å². The van der Waals surface area contributed by atoms with E-state index in [0.29, 0.717) is 0 Å². The third-order valence-corrected chi connectivity index (χ3v) is 2.67. The van der Waals surface area contributed by atoms with Crippen LogP contribution in [0.4, 0.5) is 57.1 Å². The van der Waals surface area contributed by atoms with Crippen LogP contribution in [0.3, 0.4) is 0 Å². The Morgan fingerprint density at radius 2 is 1.12 bits per heavy atom. The normalized spacial score (nSPS) is 16.6. The van der Waals surface area contributed by atoms with Gasteiger partial charge in [-0.25, -0.2) is 8.42 Å². The van der Waals surface area contributed by atoms with Crippen LogP contribution in [0.5, 0.6) is 0 Å². The number of ether oxygens (including phenoxy) is 2. The third kappa shape index (κ3) is 4.39. The SMILES string of the molecule is O=[SH](=O)C(F)(F)C(F)(F)OC(F)(C(F)(F)F)C(F)(F)OC(F)=C(F)F. The van der Waals surface area contributed by atoms with Gasteiger partial charge >= 0.3 is 41.6 Å². The van der Waals surface area contributed by atoms with E-state index in [-0.39, 0.29) is 0 Å². The van der Waals surface area contributed by atoms with Gasteiger partial charge in [-0.05, 0) is 0 Å². The van der Waals surface area contributed by atoms with E-state index in [4.69, 9.17) is 0 Å². The highest BCUT2D eigenvalue weighted by Gasteiger charge is 2.81. The van der Waals surface area contributed by atoms with Gasteiger partial charge in [0.25, 0.3) is 0 Å². The van der Waals surface area contributed by atoms with Crippen molar-refractivity contribution in [3.63, 3.8) is 0 Å². The molecule has 0 saturated carbocycles. The molecule has 0 fully saturated rings. The molecular formula is C7HF13O4S. The van der Waals surface area contributed by atoms with Gasteiger partial charge in [0.15, 0.2) is 0 Å². The fraction of sp³-hybridized carbons (Fsp3) is 0.714. The summed E-state index contributed by atoms with van der Waals surface area (Å²) in [5.41, 5.74) is 0. The van der Waals surface area contributed by atoms with Crippen LogP contribution in [-0.2, 0) is 20.2 Å². The highest BCUT2D eigenvalue weighted by molar-refractivity contribution is 7.73. The van der Waals surface area contributed by atoms with E-state index in [1.807, 2.05) is 4.74 Å². The van der Waals surface area contributed by atoms with E-state index < -0.39 is 52.3 Å². The van der Waals surface area contributed by atoms with Crippen molar-refractivity contribution in [2.45, 2.75) is 29.5 Å². The molecule has 0 aliphatic carbocycles. The second-order valence-corrected chi connectivity index (χ2v) is 4.74. The third-order valence-electron chi connectivity index (χ3n) is 1.95. The average molecular weight is 428 g/mol. The Balaban J connectivity index is 6.24. The van der Waals surface area contributed by atoms with Crippen molar-refractivity contribution in [2.75, 3.05) is 0 Å². The molecule has 150 valence electrons. The first-order valence-electron chi connectivity index (χ1n) is 4.86. The zero-order chi connectivity index (χ0) is 20.6. The number of alkyl halides is 10. The molecular weight excluding hydrogens is 427 g/mol. The van der Waals surface area contributed by atoms with Gasteiger partial charge in [-0.2, -0.15) is 57.1 Å². The Labute approximate surface area is 128 Å². The summed E-state index contributed by atoms with van der Waals surface area (Å²) in [6.45, 7) is 0. The molecule has 0 amide bonds. The predicted octanol–water partition coefficient (Wildman–Crippen LogP) is 3.67. The van der Waals surface area contributed by atoms with Gasteiger partial charge in [0, 0.05) is 0 Å². The summed E-state index contributed by atoms with van der Waals surface area (Å²) in [7, 11) is -5.71. The number of thiol groups is 1. The Kier molecular flexibility index (Phi) is 6.30. The monoisotopic (exact) mass is 428 g/mol. The number of halogens is 13. The lowest BCUT2D eigenvalue weighted by Gasteiger charge is -2.36. The molecule has 25 heavy (non-hydrogen) atoms. The molecule has 0 aliphatic heterocycles. The van der Waals surface area contributed by atoms with Crippen LogP contribution in [0.25, 0.3) is 0 Å². The fourth-order valence-corrected chi connectivity index (χ4v) is 1.10. The van der Waals surface area contributed by atoms with Crippen molar-refractivity contribution in [1.29, 1.82) is 0 Å². The number of hydrogen-bond donors (Lipinski definition) is 1. The Morgan fingerprint density at radius 3 is 1.40 bits per heavy atom. The first-order valence-corrected chi connectivity index (χ1v) is 6.04. The predicted molar refractivity (Wildman–Crippen MR) is 47.6 cm³/mol. The maximum atomic E-state index is 13.3. The van der Waals surface area contributed by atoms with Crippen LogP contribution in [0, 0.1) is 0 Å². The minimum Gasteiger partial charge on any atom is -0.398 e. The highest BCUT2D eigenvalue weighted by Crippen LogP contribution is 2.52. The van der Waals surface area contributed by atoms with E-state index in [9.17, 15) is 65.5 Å². The standard InChI is InChI=1S/C7HF13O4S/c8-1(9)2(10)23-5(15,16)3(11,4(12,13)14)24-6(17,18)7(19,20)25(21)22/h25H. The second kappa shape index (κ2) is 6.69. The molecule has 18 heteroatoms. The van der Waals surface area contributed by atoms with Crippen LogP contribution in [0.2, 0.25) is 0 Å². The maximum Gasteiger partial charge on any atom is 0.471 e. The van der Waals surface area contributed by atoms with Crippen LogP contribution in [0.15, 0.2) is 12.1 Å². The van der Waals surface area contributed by atoms with Gasteiger partial charge in [-0.1, -0.05) is 0 Å². The van der Waals surface area contributed by atoms with E-state index in [0.717, 1.165) is 0 Å². The zero-order valence-corrected chi connectivity index (χ0v) is 11.4. The lowest BCUT2D eigenvalue weighted by molar-refractivity contribution is -0.510. The van der Waals surface area contributed by atoms with Gasteiger partial charge in [-0.3, -0.25) is 4.74 Å². The molecule has 0 aliphatic rings. The average Bonchev–Trinajstić information content (AvgIpc) is 2.35. The Morgan fingerprint density at radius 1 is 0.720 bits per heavy atom. The van der Waals surface area contributed by atoms with Crippen molar-refractivity contribution in [3.8, 4) is 0 Å². The highest BCUT2D eigenvalue weighted by atomic mass is 32.2. The first kappa shape index (κ1) is 23.5.